The molecule has 40 heavy (non-hydrogen) atoms. The summed E-state index contributed by atoms with van der Waals surface area (Å²) in [6.45, 7) is 6.31. The van der Waals surface area contributed by atoms with Gasteiger partial charge in [-0.05, 0) is 60.9 Å². The van der Waals surface area contributed by atoms with E-state index in [0.717, 1.165) is 36.2 Å². The molecule has 3 aliphatic rings. The lowest BCUT2D eigenvalue weighted by Crippen LogP contribution is -2.50. The number of hydrogen-bond donors (Lipinski definition) is 1. The Bertz CT molecular complexity index is 1270. The molecule has 2 aromatic carbocycles. The van der Waals surface area contributed by atoms with Gasteiger partial charge < -0.3 is 20.0 Å². The summed E-state index contributed by atoms with van der Waals surface area (Å²) in [6, 6.07) is 11.5. The molecule has 7 nitrogen and oxygen atoms in total. The Morgan fingerprint density at radius 1 is 1.05 bits per heavy atom. The van der Waals surface area contributed by atoms with E-state index >= 15 is 0 Å². The first-order chi connectivity index (χ1) is 19.2. The predicted molar refractivity (Wildman–Crippen MR) is 152 cm³/mol. The Balaban J connectivity index is 1.19. The van der Waals surface area contributed by atoms with Crippen LogP contribution in [0.3, 0.4) is 0 Å². The fraction of sp³-hybridized carbons (Fsp3) is 0.500. The van der Waals surface area contributed by atoms with Crippen molar-refractivity contribution in [2.24, 2.45) is 5.92 Å². The molecular formula is C30H36F2N4O3S. The highest BCUT2D eigenvalue weighted by molar-refractivity contribution is 8.01. The summed E-state index contributed by atoms with van der Waals surface area (Å²) in [5, 5.41) is 1.98. The fourth-order valence-electron chi connectivity index (χ4n) is 5.73. The first-order valence-corrected chi connectivity index (χ1v) is 15.0. The number of halogens is 2. The Hall–Kier alpha value is -3.14. The van der Waals surface area contributed by atoms with Gasteiger partial charge in [-0.1, -0.05) is 38.1 Å². The molecule has 10 heteroatoms. The van der Waals surface area contributed by atoms with E-state index in [9.17, 15) is 23.2 Å². The number of para-hydroxylation sites is 1. The smallest absolute Gasteiger partial charge is 0.322 e. The highest BCUT2D eigenvalue weighted by Gasteiger charge is 2.43. The molecule has 1 N–H and O–H groups in total. The van der Waals surface area contributed by atoms with Crippen molar-refractivity contribution in [3.63, 3.8) is 0 Å². The van der Waals surface area contributed by atoms with Crippen LogP contribution in [0.25, 0.3) is 0 Å². The molecule has 5 rings (SSSR count). The third kappa shape index (κ3) is 6.11. The van der Waals surface area contributed by atoms with Crippen molar-refractivity contribution < 1.29 is 23.2 Å². The number of likely N-dealkylation sites (tertiary alicyclic amines) is 1. The van der Waals surface area contributed by atoms with Crippen LogP contribution in [0, 0.1) is 17.6 Å². The number of urea groups is 1. The topological polar surface area (TPSA) is 73.0 Å². The van der Waals surface area contributed by atoms with E-state index in [0.29, 0.717) is 50.5 Å². The third-order valence-electron chi connectivity index (χ3n) is 8.07. The monoisotopic (exact) mass is 570 g/mol. The minimum absolute atomic E-state index is 0.0464. The van der Waals surface area contributed by atoms with Gasteiger partial charge in [-0.25, -0.2) is 13.6 Å². The summed E-state index contributed by atoms with van der Waals surface area (Å²) in [6.07, 6.45) is 2.97. The zero-order valence-corrected chi connectivity index (χ0v) is 23.8. The Labute approximate surface area is 238 Å². The number of anilines is 1. The van der Waals surface area contributed by atoms with Gasteiger partial charge >= 0.3 is 6.03 Å². The highest BCUT2D eigenvalue weighted by atomic mass is 32.2. The van der Waals surface area contributed by atoms with E-state index in [1.54, 1.807) is 9.80 Å². The van der Waals surface area contributed by atoms with Crippen LogP contribution in [0.4, 0.5) is 19.3 Å². The van der Waals surface area contributed by atoms with Crippen LogP contribution in [0.1, 0.15) is 56.0 Å². The molecule has 3 heterocycles. The standard InChI is InChI=1S/C30H36F2N4O3S/c1-19(2)9-15-36-28(38)26(40-29(36)21-7-8-23(31)24(32)17-21)18-27(37)34-13-11-22(12-14-34)35-16-10-20-5-3-4-6-25(20)33-30(35)39/h3-8,17,19,22,26,29H,9-16,18H2,1-2H3,(H,33,39). The molecule has 0 aromatic heterocycles. The maximum absolute atomic E-state index is 14.0. The van der Waals surface area contributed by atoms with Crippen molar-refractivity contribution in [3.8, 4) is 0 Å². The highest BCUT2D eigenvalue weighted by Crippen LogP contribution is 2.45. The van der Waals surface area contributed by atoms with Gasteiger partial charge in [0.05, 0.1) is 5.25 Å². The largest absolute Gasteiger partial charge is 0.342 e. The van der Waals surface area contributed by atoms with Crippen molar-refractivity contribution in [3.05, 3.63) is 65.2 Å². The van der Waals surface area contributed by atoms with Gasteiger partial charge in [-0.15, -0.1) is 11.8 Å². The zero-order chi connectivity index (χ0) is 28.4. The van der Waals surface area contributed by atoms with Crippen molar-refractivity contribution in [2.45, 2.75) is 62.6 Å². The number of nitrogens with one attached hydrogen (secondary N) is 1. The lowest BCUT2D eigenvalue weighted by molar-refractivity contribution is -0.136. The lowest BCUT2D eigenvalue weighted by Gasteiger charge is -2.38. The number of hydrogen-bond acceptors (Lipinski definition) is 4. The maximum atomic E-state index is 14.0. The first kappa shape index (κ1) is 28.4. The number of fused-ring (bicyclic) bond motifs is 1. The van der Waals surface area contributed by atoms with Crippen LogP contribution in [0.2, 0.25) is 0 Å². The summed E-state index contributed by atoms with van der Waals surface area (Å²) in [4.78, 5) is 45.0. The average Bonchev–Trinajstić information content (AvgIpc) is 3.13. The van der Waals surface area contributed by atoms with E-state index in [2.05, 4.69) is 19.2 Å². The second kappa shape index (κ2) is 12.2. The summed E-state index contributed by atoms with van der Waals surface area (Å²) in [5.74, 6) is -1.73. The number of benzene rings is 2. The van der Waals surface area contributed by atoms with Crippen molar-refractivity contribution in [1.82, 2.24) is 14.7 Å². The maximum Gasteiger partial charge on any atom is 0.322 e. The Kier molecular flexibility index (Phi) is 8.63. The van der Waals surface area contributed by atoms with Gasteiger partial charge in [0.2, 0.25) is 11.8 Å². The molecule has 4 amide bonds. The summed E-state index contributed by atoms with van der Waals surface area (Å²) >= 11 is 1.34. The SMILES string of the molecule is CC(C)CCN1C(=O)C(CC(=O)N2CCC(N3CCc4ccccc4NC3=O)CC2)SC1c1ccc(F)c(F)c1. The van der Waals surface area contributed by atoms with Crippen LogP contribution in [-0.2, 0) is 16.0 Å². The van der Waals surface area contributed by atoms with Crippen molar-refractivity contribution in [1.29, 1.82) is 0 Å². The third-order valence-corrected chi connectivity index (χ3v) is 9.55. The van der Waals surface area contributed by atoms with Crippen LogP contribution >= 0.6 is 11.8 Å². The number of nitrogens with zero attached hydrogens (tertiary/aromatic N) is 3. The summed E-state index contributed by atoms with van der Waals surface area (Å²) in [5.41, 5.74) is 2.49. The van der Waals surface area contributed by atoms with Crippen LogP contribution in [0.15, 0.2) is 42.5 Å². The second-order valence-electron chi connectivity index (χ2n) is 11.2. The first-order valence-electron chi connectivity index (χ1n) is 14.1. The van der Waals surface area contributed by atoms with Gasteiger partial charge in [0.1, 0.15) is 5.37 Å². The van der Waals surface area contributed by atoms with Crippen molar-refractivity contribution in [2.75, 3.05) is 31.5 Å². The fourth-order valence-corrected chi connectivity index (χ4v) is 7.19. The van der Waals surface area contributed by atoms with Gasteiger partial charge in [0, 0.05) is 44.3 Å². The summed E-state index contributed by atoms with van der Waals surface area (Å²) in [7, 11) is 0. The second-order valence-corrected chi connectivity index (χ2v) is 12.5. The molecule has 3 aliphatic heterocycles. The number of carbonyl (C=O) groups excluding carboxylic acids is 3. The van der Waals surface area contributed by atoms with E-state index in [1.165, 1.54) is 17.8 Å². The van der Waals surface area contributed by atoms with Gasteiger partial charge in [-0.3, -0.25) is 9.59 Å². The summed E-state index contributed by atoms with van der Waals surface area (Å²) < 4.78 is 27.6. The van der Waals surface area contributed by atoms with Gasteiger partial charge in [0.25, 0.3) is 0 Å². The molecular weight excluding hydrogens is 534 g/mol. The molecule has 2 fully saturated rings. The average molecular weight is 571 g/mol. The molecule has 2 atom stereocenters. The van der Waals surface area contributed by atoms with E-state index in [-0.39, 0.29) is 30.3 Å². The molecule has 0 aliphatic carbocycles. The molecule has 2 aromatic rings. The Morgan fingerprint density at radius 3 is 2.52 bits per heavy atom. The van der Waals surface area contributed by atoms with Gasteiger partial charge in [0.15, 0.2) is 11.6 Å². The van der Waals surface area contributed by atoms with Gasteiger partial charge in [-0.2, -0.15) is 0 Å². The number of amides is 4. The quantitative estimate of drug-likeness (QED) is 0.482. The molecule has 0 saturated carbocycles. The van der Waals surface area contributed by atoms with Crippen LogP contribution in [0.5, 0.6) is 0 Å². The lowest BCUT2D eigenvalue weighted by atomic mass is 10.0. The van der Waals surface area contributed by atoms with E-state index in [1.807, 2.05) is 29.2 Å². The molecule has 2 unspecified atom stereocenters. The number of carbonyl (C=O) groups is 3. The molecule has 0 radical (unpaired) electrons. The normalized spacial score (nSPS) is 22.0. The Morgan fingerprint density at radius 2 is 1.80 bits per heavy atom. The van der Waals surface area contributed by atoms with Crippen molar-refractivity contribution >= 4 is 35.3 Å². The molecule has 2 saturated heterocycles. The minimum atomic E-state index is -0.946. The van der Waals surface area contributed by atoms with E-state index in [4.69, 9.17) is 0 Å². The predicted octanol–water partition coefficient (Wildman–Crippen LogP) is 5.42. The van der Waals surface area contributed by atoms with Crippen LogP contribution in [-0.4, -0.2) is 70.0 Å². The molecule has 0 spiro atoms. The van der Waals surface area contributed by atoms with Crippen LogP contribution < -0.4 is 5.32 Å². The molecule has 214 valence electrons. The zero-order valence-electron chi connectivity index (χ0n) is 22.9. The van der Waals surface area contributed by atoms with E-state index < -0.39 is 22.3 Å². The number of rotatable bonds is 7. The molecule has 0 bridgehead atoms. The number of thioether (sulfide) groups is 1. The minimum Gasteiger partial charge on any atom is -0.342 e. The number of piperidine rings is 1.